The molecule has 1 aromatic carbocycles. The molecular formula is C16H20N2O2. The highest BCUT2D eigenvalue weighted by atomic mass is 16.5. The van der Waals surface area contributed by atoms with E-state index in [1.807, 2.05) is 24.4 Å². The van der Waals surface area contributed by atoms with Gasteiger partial charge in [-0.25, -0.2) is 4.98 Å². The first-order valence-electron chi connectivity index (χ1n) is 6.82. The van der Waals surface area contributed by atoms with E-state index in [0.717, 1.165) is 28.1 Å². The Morgan fingerprint density at radius 3 is 2.45 bits per heavy atom. The van der Waals surface area contributed by atoms with E-state index in [1.54, 1.807) is 14.2 Å². The summed E-state index contributed by atoms with van der Waals surface area (Å²) in [6.45, 7) is 4.53. The van der Waals surface area contributed by atoms with Crippen LogP contribution in [0.2, 0.25) is 0 Å². The Kier molecular flexibility index (Phi) is 2.96. The van der Waals surface area contributed by atoms with Crippen LogP contribution < -0.4 is 14.8 Å². The van der Waals surface area contributed by atoms with Crippen LogP contribution in [0.25, 0.3) is 10.8 Å². The zero-order chi connectivity index (χ0) is 14.3. The summed E-state index contributed by atoms with van der Waals surface area (Å²) in [5, 5.41) is 5.69. The van der Waals surface area contributed by atoms with E-state index in [-0.39, 0.29) is 0 Å². The van der Waals surface area contributed by atoms with Crippen molar-refractivity contribution in [3.05, 3.63) is 24.4 Å². The standard InChI is InChI=1S/C16H20N2O2/c1-16(2)9-14(16)18-15-11-8-13(20-4)12(19-3)7-10(11)5-6-17-15/h5-8,14H,9H2,1-4H3,(H,17,18). The number of fused-ring (bicyclic) bond motifs is 1. The monoisotopic (exact) mass is 272 g/mol. The highest BCUT2D eigenvalue weighted by Crippen LogP contribution is 2.47. The Labute approximate surface area is 119 Å². The first-order valence-corrected chi connectivity index (χ1v) is 6.82. The van der Waals surface area contributed by atoms with Gasteiger partial charge in [0.2, 0.25) is 0 Å². The molecule has 106 valence electrons. The van der Waals surface area contributed by atoms with Gasteiger partial charge in [-0.15, -0.1) is 0 Å². The van der Waals surface area contributed by atoms with Gasteiger partial charge in [-0.05, 0) is 35.4 Å². The van der Waals surface area contributed by atoms with E-state index in [2.05, 4.69) is 24.1 Å². The van der Waals surface area contributed by atoms with Crippen molar-refractivity contribution in [2.75, 3.05) is 19.5 Å². The van der Waals surface area contributed by atoms with Gasteiger partial charge >= 0.3 is 0 Å². The summed E-state index contributed by atoms with van der Waals surface area (Å²) >= 11 is 0. The average molecular weight is 272 g/mol. The highest BCUT2D eigenvalue weighted by Gasteiger charge is 2.46. The molecular weight excluding hydrogens is 252 g/mol. The molecule has 1 fully saturated rings. The number of hydrogen-bond acceptors (Lipinski definition) is 4. The lowest BCUT2D eigenvalue weighted by Crippen LogP contribution is -2.10. The highest BCUT2D eigenvalue weighted by molar-refractivity contribution is 5.94. The zero-order valence-corrected chi connectivity index (χ0v) is 12.4. The number of pyridine rings is 1. The largest absolute Gasteiger partial charge is 0.493 e. The van der Waals surface area contributed by atoms with Crippen LogP contribution >= 0.6 is 0 Å². The van der Waals surface area contributed by atoms with Crippen LogP contribution in [0.3, 0.4) is 0 Å². The summed E-state index contributed by atoms with van der Waals surface area (Å²) in [6.07, 6.45) is 3.00. The molecule has 1 aromatic heterocycles. The Morgan fingerprint density at radius 1 is 1.20 bits per heavy atom. The molecule has 1 N–H and O–H groups in total. The SMILES string of the molecule is COc1cc2ccnc(NC3CC3(C)C)c2cc1OC. The minimum atomic E-state index is 0.362. The van der Waals surface area contributed by atoms with Gasteiger partial charge in [0, 0.05) is 17.6 Å². The van der Waals surface area contributed by atoms with E-state index >= 15 is 0 Å². The molecule has 4 nitrogen and oxygen atoms in total. The molecule has 0 aliphatic heterocycles. The van der Waals surface area contributed by atoms with Crippen LogP contribution in [0.15, 0.2) is 24.4 Å². The van der Waals surface area contributed by atoms with E-state index in [0.29, 0.717) is 11.5 Å². The fourth-order valence-electron chi connectivity index (χ4n) is 2.49. The number of ether oxygens (including phenoxy) is 2. The van der Waals surface area contributed by atoms with Gasteiger partial charge in [0.25, 0.3) is 0 Å². The molecule has 2 aromatic rings. The van der Waals surface area contributed by atoms with Crippen molar-refractivity contribution >= 4 is 16.6 Å². The number of benzene rings is 1. The first-order chi connectivity index (χ1) is 9.55. The lowest BCUT2D eigenvalue weighted by atomic mass is 10.1. The Morgan fingerprint density at radius 2 is 1.85 bits per heavy atom. The second kappa shape index (κ2) is 4.54. The predicted molar refractivity (Wildman–Crippen MR) is 80.7 cm³/mol. The van der Waals surface area contributed by atoms with Gasteiger partial charge in [-0.2, -0.15) is 0 Å². The summed E-state index contributed by atoms with van der Waals surface area (Å²) in [5.41, 5.74) is 0.362. The van der Waals surface area contributed by atoms with Crippen LogP contribution in [-0.2, 0) is 0 Å². The maximum Gasteiger partial charge on any atom is 0.161 e. The maximum absolute atomic E-state index is 5.38. The minimum absolute atomic E-state index is 0.362. The number of anilines is 1. The van der Waals surface area contributed by atoms with Gasteiger partial charge in [0.1, 0.15) is 5.82 Å². The number of nitrogens with zero attached hydrogens (tertiary/aromatic N) is 1. The van der Waals surface area contributed by atoms with E-state index < -0.39 is 0 Å². The summed E-state index contributed by atoms with van der Waals surface area (Å²) < 4.78 is 10.7. The molecule has 1 heterocycles. The number of nitrogens with one attached hydrogen (secondary N) is 1. The summed E-state index contributed by atoms with van der Waals surface area (Å²) in [4.78, 5) is 4.48. The van der Waals surface area contributed by atoms with Crippen LogP contribution in [-0.4, -0.2) is 25.2 Å². The number of hydrogen-bond donors (Lipinski definition) is 1. The molecule has 0 spiro atoms. The van der Waals surface area contributed by atoms with Crippen molar-refractivity contribution in [3.8, 4) is 11.5 Å². The summed E-state index contributed by atoms with van der Waals surface area (Å²) in [7, 11) is 3.30. The Balaban J connectivity index is 2.04. The lowest BCUT2D eigenvalue weighted by Gasteiger charge is -2.13. The van der Waals surface area contributed by atoms with Crippen molar-refractivity contribution in [3.63, 3.8) is 0 Å². The molecule has 20 heavy (non-hydrogen) atoms. The second-order valence-corrected chi connectivity index (χ2v) is 5.98. The minimum Gasteiger partial charge on any atom is -0.493 e. The third-order valence-corrected chi connectivity index (χ3v) is 4.09. The Bertz CT molecular complexity index is 652. The number of aromatic nitrogens is 1. The van der Waals surface area contributed by atoms with Crippen LogP contribution in [0.4, 0.5) is 5.82 Å². The molecule has 4 heteroatoms. The molecule has 3 rings (SSSR count). The molecule has 0 saturated heterocycles. The van der Waals surface area contributed by atoms with Gasteiger partial charge in [-0.1, -0.05) is 13.8 Å². The van der Waals surface area contributed by atoms with Crippen molar-refractivity contribution in [2.45, 2.75) is 26.3 Å². The average Bonchev–Trinajstić information content (AvgIpc) is 3.04. The maximum atomic E-state index is 5.38. The molecule has 1 aliphatic rings. The summed E-state index contributed by atoms with van der Waals surface area (Å²) in [5.74, 6) is 2.38. The van der Waals surface area contributed by atoms with Gasteiger partial charge in [0.15, 0.2) is 11.5 Å². The predicted octanol–water partition coefficient (Wildman–Crippen LogP) is 3.46. The van der Waals surface area contributed by atoms with E-state index in [1.165, 1.54) is 6.42 Å². The lowest BCUT2D eigenvalue weighted by molar-refractivity contribution is 0.356. The summed E-state index contributed by atoms with van der Waals surface area (Å²) in [6, 6.07) is 6.45. The molecule has 0 bridgehead atoms. The molecule has 0 amide bonds. The topological polar surface area (TPSA) is 43.4 Å². The third-order valence-electron chi connectivity index (χ3n) is 4.09. The normalized spacial score (nSPS) is 19.7. The smallest absolute Gasteiger partial charge is 0.161 e. The van der Waals surface area contributed by atoms with Crippen LogP contribution in [0.1, 0.15) is 20.3 Å². The fraction of sp³-hybridized carbons (Fsp3) is 0.438. The molecule has 1 saturated carbocycles. The zero-order valence-electron chi connectivity index (χ0n) is 12.4. The molecule has 1 aliphatic carbocycles. The number of methoxy groups -OCH3 is 2. The van der Waals surface area contributed by atoms with Crippen LogP contribution in [0.5, 0.6) is 11.5 Å². The molecule has 1 unspecified atom stereocenters. The van der Waals surface area contributed by atoms with Gasteiger partial charge < -0.3 is 14.8 Å². The van der Waals surface area contributed by atoms with Crippen LogP contribution in [0, 0.1) is 5.41 Å². The third kappa shape index (κ3) is 2.15. The Hall–Kier alpha value is -1.97. The first kappa shape index (κ1) is 13.0. The van der Waals surface area contributed by atoms with Crippen molar-refractivity contribution in [1.29, 1.82) is 0 Å². The second-order valence-electron chi connectivity index (χ2n) is 5.98. The molecule has 1 atom stereocenters. The number of rotatable bonds is 4. The van der Waals surface area contributed by atoms with Crippen molar-refractivity contribution < 1.29 is 9.47 Å². The van der Waals surface area contributed by atoms with E-state index in [4.69, 9.17) is 9.47 Å². The molecule has 0 radical (unpaired) electrons. The van der Waals surface area contributed by atoms with Gasteiger partial charge in [-0.3, -0.25) is 0 Å². The quantitative estimate of drug-likeness (QED) is 0.925. The fourth-order valence-corrected chi connectivity index (χ4v) is 2.49. The van der Waals surface area contributed by atoms with Gasteiger partial charge in [0.05, 0.1) is 14.2 Å². The van der Waals surface area contributed by atoms with Crippen molar-refractivity contribution in [2.24, 2.45) is 5.41 Å². The van der Waals surface area contributed by atoms with E-state index in [9.17, 15) is 0 Å². The van der Waals surface area contributed by atoms with Crippen molar-refractivity contribution in [1.82, 2.24) is 4.98 Å².